The van der Waals surface area contributed by atoms with Gasteiger partial charge in [-0.3, -0.25) is 4.90 Å². The smallest absolute Gasteiger partial charge is 0.138 e. The van der Waals surface area contributed by atoms with Crippen LogP contribution in [0.4, 0.5) is 4.39 Å². The van der Waals surface area contributed by atoms with Gasteiger partial charge >= 0.3 is 0 Å². The maximum Gasteiger partial charge on any atom is 0.138 e. The van der Waals surface area contributed by atoms with Gasteiger partial charge in [0.15, 0.2) is 0 Å². The van der Waals surface area contributed by atoms with Crippen LogP contribution in [0.3, 0.4) is 0 Å². The van der Waals surface area contributed by atoms with Crippen molar-refractivity contribution in [1.29, 1.82) is 0 Å². The highest BCUT2D eigenvalue weighted by Crippen LogP contribution is 2.13. The number of hydrogen-bond donors (Lipinski definition) is 2. The molecule has 0 aliphatic rings. The summed E-state index contributed by atoms with van der Waals surface area (Å²) in [6, 6.07) is 5.31. The Morgan fingerprint density at radius 2 is 2.00 bits per heavy atom. The molecule has 0 amide bonds. The van der Waals surface area contributed by atoms with E-state index in [9.17, 15) is 4.39 Å². The lowest BCUT2D eigenvalue weighted by Gasteiger charge is -2.26. The number of rotatable bonds is 7. The van der Waals surface area contributed by atoms with E-state index in [1.807, 2.05) is 0 Å². The first kappa shape index (κ1) is 17.6. The lowest BCUT2D eigenvalue weighted by atomic mass is 10.1. The van der Waals surface area contributed by atoms with Gasteiger partial charge in [0, 0.05) is 32.2 Å². The third-order valence-corrected chi connectivity index (χ3v) is 3.21. The normalized spacial score (nSPS) is 10.8. The van der Waals surface area contributed by atoms with Crippen LogP contribution in [-0.4, -0.2) is 40.9 Å². The highest BCUT2D eigenvalue weighted by molar-refractivity contribution is 5.38. The number of aliphatic hydroxyl groups excluding tert-OH is 2. The predicted octanol–water partition coefficient (Wildman–Crippen LogP) is 2.15. The van der Waals surface area contributed by atoms with Gasteiger partial charge in [-0.15, -0.1) is 0 Å². The largest absolute Gasteiger partial charge is 0.396 e. The molecule has 0 aliphatic heterocycles. The number of hydrogen-bond acceptors (Lipinski definition) is 3. The Morgan fingerprint density at radius 1 is 1.24 bits per heavy atom. The van der Waals surface area contributed by atoms with Gasteiger partial charge in [0.05, 0.1) is 12.2 Å². The fraction of sp³-hybridized carbons (Fsp3) is 0.529. The van der Waals surface area contributed by atoms with Gasteiger partial charge in [0.2, 0.25) is 0 Å². The molecule has 0 saturated heterocycles. The van der Waals surface area contributed by atoms with E-state index in [0.717, 1.165) is 18.5 Å². The van der Waals surface area contributed by atoms with Gasteiger partial charge in [0.1, 0.15) is 5.82 Å². The van der Waals surface area contributed by atoms with E-state index < -0.39 is 0 Å². The molecule has 0 fully saturated rings. The topological polar surface area (TPSA) is 43.7 Å². The zero-order valence-electron chi connectivity index (χ0n) is 12.8. The van der Waals surface area contributed by atoms with Gasteiger partial charge in [-0.2, -0.15) is 0 Å². The first-order valence-electron chi connectivity index (χ1n) is 7.31. The third kappa shape index (κ3) is 6.26. The second-order valence-electron chi connectivity index (χ2n) is 5.23. The molecule has 0 spiro atoms. The van der Waals surface area contributed by atoms with E-state index >= 15 is 0 Å². The van der Waals surface area contributed by atoms with Crippen molar-refractivity contribution in [2.24, 2.45) is 0 Å². The minimum Gasteiger partial charge on any atom is -0.396 e. The summed E-state index contributed by atoms with van der Waals surface area (Å²) in [5, 5.41) is 17.7. The summed E-state index contributed by atoms with van der Waals surface area (Å²) in [6.45, 7) is 5.86. The molecule has 2 N–H and O–H groups in total. The maximum absolute atomic E-state index is 13.7. The quantitative estimate of drug-likeness (QED) is 0.757. The molecule has 0 heterocycles. The van der Waals surface area contributed by atoms with E-state index in [1.165, 1.54) is 6.07 Å². The first-order chi connectivity index (χ1) is 10.1. The summed E-state index contributed by atoms with van der Waals surface area (Å²) >= 11 is 0. The lowest BCUT2D eigenvalue weighted by Crippen LogP contribution is -2.31. The Bertz CT molecular complexity index is 491. The third-order valence-electron chi connectivity index (χ3n) is 3.21. The molecular formula is C17H24FNO2. The Labute approximate surface area is 126 Å². The van der Waals surface area contributed by atoms with Crippen LogP contribution in [0.15, 0.2) is 18.2 Å². The van der Waals surface area contributed by atoms with Gasteiger partial charge in [-0.1, -0.05) is 17.9 Å². The summed E-state index contributed by atoms with van der Waals surface area (Å²) < 4.78 is 13.7. The number of nitrogens with zero attached hydrogens (tertiary/aromatic N) is 1. The van der Waals surface area contributed by atoms with Gasteiger partial charge in [-0.05, 0) is 38.0 Å². The van der Waals surface area contributed by atoms with Crippen LogP contribution in [0.2, 0.25) is 0 Å². The Kier molecular flexibility index (Phi) is 7.99. The van der Waals surface area contributed by atoms with E-state index in [2.05, 4.69) is 30.6 Å². The predicted molar refractivity (Wildman–Crippen MR) is 82.2 cm³/mol. The maximum atomic E-state index is 13.7. The summed E-state index contributed by atoms with van der Waals surface area (Å²) in [6.07, 6.45) is 1.07. The van der Waals surface area contributed by atoms with Crippen LogP contribution < -0.4 is 0 Å². The Hall–Kier alpha value is -1.41. The molecule has 21 heavy (non-hydrogen) atoms. The summed E-state index contributed by atoms with van der Waals surface area (Å²) in [5.74, 6) is 5.16. The SMILES string of the molecule is CC(C)N(CCCO)Cc1ccc(F)c(C#CCCO)c1. The monoisotopic (exact) mass is 293 g/mol. The average Bonchev–Trinajstić information content (AvgIpc) is 2.46. The van der Waals surface area contributed by atoms with Crippen LogP contribution in [0, 0.1) is 17.7 Å². The minimum atomic E-state index is -0.337. The van der Waals surface area contributed by atoms with Crippen LogP contribution in [-0.2, 0) is 6.54 Å². The zero-order valence-corrected chi connectivity index (χ0v) is 12.8. The van der Waals surface area contributed by atoms with Crippen molar-refractivity contribution in [3.63, 3.8) is 0 Å². The van der Waals surface area contributed by atoms with Gasteiger partial charge in [0.25, 0.3) is 0 Å². The molecule has 0 aromatic heterocycles. The average molecular weight is 293 g/mol. The Morgan fingerprint density at radius 3 is 2.62 bits per heavy atom. The van der Waals surface area contributed by atoms with Crippen LogP contribution >= 0.6 is 0 Å². The zero-order chi connectivity index (χ0) is 15.7. The molecule has 0 saturated carbocycles. The first-order valence-corrected chi connectivity index (χ1v) is 7.31. The summed E-state index contributed by atoms with van der Waals surface area (Å²) in [7, 11) is 0. The molecule has 1 aromatic carbocycles. The second kappa shape index (κ2) is 9.51. The molecule has 0 atom stereocenters. The van der Waals surface area contributed by atoms with Crippen molar-refractivity contribution in [3.05, 3.63) is 35.1 Å². The summed E-state index contributed by atoms with van der Waals surface area (Å²) in [4.78, 5) is 2.23. The highest BCUT2D eigenvalue weighted by atomic mass is 19.1. The van der Waals surface area contributed by atoms with Crippen LogP contribution in [0.5, 0.6) is 0 Å². The van der Waals surface area contributed by atoms with Crippen molar-refractivity contribution < 1.29 is 14.6 Å². The van der Waals surface area contributed by atoms with Crippen molar-refractivity contribution in [3.8, 4) is 11.8 Å². The summed E-state index contributed by atoms with van der Waals surface area (Å²) in [5.41, 5.74) is 1.36. The minimum absolute atomic E-state index is 0.0173. The van der Waals surface area contributed by atoms with Crippen LogP contribution in [0.25, 0.3) is 0 Å². The molecule has 0 bridgehead atoms. The van der Waals surface area contributed by atoms with Crippen molar-refractivity contribution in [1.82, 2.24) is 4.90 Å². The molecule has 1 aromatic rings. The van der Waals surface area contributed by atoms with E-state index in [1.54, 1.807) is 12.1 Å². The Balaban J connectivity index is 2.83. The molecule has 0 radical (unpaired) electrons. The van der Waals surface area contributed by atoms with Gasteiger partial charge in [-0.25, -0.2) is 4.39 Å². The van der Waals surface area contributed by atoms with Crippen molar-refractivity contribution >= 4 is 0 Å². The fourth-order valence-corrected chi connectivity index (χ4v) is 2.01. The standard InChI is InChI=1S/C17H24FNO2/c1-14(2)19(9-5-11-21)13-15-7-8-17(18)16(12-15)6-3-4-10-20/h7-8,12,14,20-21H,4-5,9-11,13H2,1-2H3. The van der Waals surface area contributed by atoms with E-state index in [0.29, 0.717) is 24.6 Å². The number of aliphatic hydroxyl groups is 2. The molecule has 0 aliphatic carbocycles. The fourth-order valence-electron chi connectivity index (χ4n) is 2.01. The second-order valence-corrected chi connectivity index (χ2v) is 5.23. The number of benzene rings is 1. The lowest BCUT2D eigenvalue weighted by molar-refractivity contribution is 0.185. The molecule has 0 unspecified atom stereocenters. The molecule has 4 heteroatoms. The molecule has 3 nitrogen and oxygen atoms in total. The van der Waals surface area contributed by atoms with Crippen molar-refractivity contribution in [2.45, 2.75) is 39.3 Å². The van der Waals surface area contributed by atoms with Gasteiger partial charge < -0.3 is 10.2 Å². The highest BCUT2D eigenvalue weighted by Gasteiger charge is 2.11. The molecule has 1 rings (SSSR count). The number of halogens is 1. The molecule has 116 valence electrons. The van der Waals surface area contributed by atoms with E-state index in [4.69, 9.17) is 10.2 Å². The molecular weight excluding hydrogens is 269 g/mol. The van der Waals surface area contributed by atoms with Crippen LogP contribution in [0.1, 0.15) is 37.8 Å². The van der Waals surface area contributed by atoms with Crippen molar-refractivity contribution in [2.75, 3.05) is 19.8 Å². The van der Waals surface area contributed by atoms with E-state index in [-0.39, 0.29) is 19.0 Å².